The molecule has 4 nitrogen and oxygen atoms in total. The third kappa shape index (κ3) is 2.66. The fraction of sp³-hybridized carbons (Fsp3) is 0.143. The van der Waals surface area contributed by atoms with Gasteiger partial charge in [-0.2, -0.15) is 0 Å². The summed E-state index contributed by atoms with van der Waals surface area (Å²) in [5.74, 6) is -0.0463. The SMILES string of the molecule is O=C(c1sccc1Cl)N1CCc2c([nH]c3ccccc23)C1c1ccccn1. The highest BCUT2D eigenvalue weighted by Gasteiger charge is 2.36. The molecule has 3 aromatic heterocycles. The standard InChI is InChI=1S/C21H16ClN3OS/c22-15-9-12-27-20(15)21(26)25-11-8-14-13-5-1-2-6-16(13)24-18(14)19(25)17-7-3-4-10-23-17/h1-7,9-10,12,19,24H,8,11H2. The summed E-state index contributed by atoms with van der Waals surface area (Å²) in [6.07, 6.45) is 2.57. The number of fused-ring (bicyclic) bond motifs is 3. The minimum absolute atomic E-state index is 0.0463. The highest BCUT2D eigenvalue weighted by atomic mass is 35.5. The molecule has 6 heteroatoms. The van der Waals surface area contributed by atoms with Crippen LogP contribution in [0.15, 0.2) is 60.1 Å². The maximum atomic E-state index is 13.3. The number of pyridine rings is 1. The van der Waals surface area contributed by atoms with Crippen LogP contribution >= 0.6 is 22.9 Å². The summed E-state index contributed by atoms with van der Waals surface area (Å²) in [5.41, 5.74) is 4.25. The van der Waals surface area contributed by atoms with Gasteiger partial charge in [0, 0.05) is 29.3 Å². The maximum absolute atomic E-state index is 13.3. The van der Waals surface area contributed by atoms with Gasteiger partial charge < -0.3 is 9.88 Å². The lowest BCUT2D eigenvalue weighted by atomic mass is 9.94. The molecule has 1 unspecified atom stereocenters. The number of carbonyl (C=O) groups excluding carboxylic acids is 1. The monoisotopic (exact) mass is 393 g/mol. The number of H-pyrrole nitrogens is 1. The van der Waals surface area contributed by atoms with Gasteiger partial charge in [0.25, 0.3) is 5.91 Å². The number of carbonyl (C=O) groups is 1. The van der Waals surface area contributed by atoms with Gasteiger partial charge >= 0.3 is 0 Å². The Hall–Kier alpha value is -2.63. The van der Waals surface area contributed by atoms with Gasteiger partial charge in [-0.3, -0.25) is 9.78 Å². The minimum Gasteiger partial charge on any atom is -0.356 e. The van der Waals surface area contributed by atoms with Gasteiger partial charge in [-0.15, -0.1) is 11.3 Å². The second-order valence-corrected chi connectivity index (χ2v) is 7.89. The molecular formula is C21H16ClN3OS. The first kappa shape index (κ1) is 16.5. The number of aromatic amines is 1. The smallest absolute Gasteiger partial charge is 0.266 e. The van der Waals surface area contributed by atoms with E-state index in [0.29, 0.717) is 16.4 Å². The number of hydrogen-bond donors (Lipinski definition) is 1. The van der Waals surface area contributed by atoms with Crippen LogP contribution in [0.1, 0.15) is 32.7 Å². The summed E-state index contributed by atoms with van der Waals surface area (Å²) in [7, 11) is 0. The lowest BCUT2D eigenvalue weighted by molar-refractivity contribution is 0.0694. The summed E-state index contributed by atoms with van der Waals surface area (Å²) in [5, 5.41) is 3.57. The Labute approximate surface area is 165 Å². The van der Waals surface area contributed by atoms with Crippen molar-refractivity contribution in [1.82, 2.24) is 14.9 Å². The van der Waals surface area contributed by atoms with Crippen LogP contribution in [0.5, 0.6) is 0 Å². The summed E-state index contributed by atoms with van der Waals surface area (Å²) >= 11 is 7.63. The van der Waals surface area contributed by atoms with E-state index in [2.05, 4.69) is 28.2 Å². The molecule has 1 atom stereocenters. The molecule has 4 heterocycles. The third-order valence-corrected chi connectivity index (χ3v) is 6.40. The van der Waals surface area contributed by atoms with Crippen molar-refractivity contribution < 1.29 is 4.79 Å². The summed E-state index contributed by atoms with van der Waals surface area (Å²) in [6, 6.07) is 15.6. The van der Waals surface area contributed by atoms with Crippen molar-refractivity contribution >= 4 is 39.7 Å². The molecule has 0 aliphatic carbocycles. The summed E-state index contributed by atoms with van der Waals surface area (Å²) in [6.45, 7) is 0.628. The number of thiophene rings is 1. The Morgan fingerprint density at radius 2 is 2.04 bits per heavy atom. The lowest BCUT2D eigenvalue weighted by Gasteiger charge is -2.35. The van der Waals surface area contributed by atoms with Gasteiger partial charge in [0.2, 0.25) is 0 Å². The van der Waals surface area contributed by atoms with Crippen LogP contribution in [0.25, 0.3) is 10.9 Å². The van der Waals surface area contributed by atoms with Crippen LogP contribution in [-0.2, 0) is 6.42 Å². The van der Waals surface area contributed by atoms with E-state index in [1.807, 2.05) is 34.5 Å². The fourth-order valence-electron chi connectivity index (χ4n) is 3.88. The number of amides is 1. The van der Waals surface area contributed by atoms with Gasteiger partial charge in [-0.25, -0.2) is 0 Å². The molecule has 1 aliphatic heterocycles. The highest BCUT2D eigenvalue weighted by Crippen LogP contribution is 2.39. The average Bonchev–Trinajstić information content (AvgIpc) is 3.30. The van der Waals surface area contributed by atoms with E-state index in [1.54, 1.807) is 12.3 Å². The zero-order valence-electron chi connectivity index (χ0n) is 14.4. The molecule has 1 N–H and O–H groups in total. The molecule has 0 saturated carbocycles. The van der Waals surface area contributed by atoms with Gasteiger partial charge in [-0.05, 0) is 41.6 Å². The predicted molar refractivity (Wildman–Crippen MR) is 108 cm³/mol. The normalized spacial score (nSPS) is 16.5. The van der Waals surface area contributed by atoms with Crippen molar-refractivity contribution in [2.45, 2.75) is 12.5 Å². The first-order valence-corrected chi connectivity index (χ1v) is 10.0. The zero-order valence-corrected chi connectivity index (χ0v) is 15.9. The first-order valence-electron chi connectivity index (χ1n) is 8.78. The van der Waals surface area contributed by atoms with E-state index in [9.17, 15) is 4.79 Å². The molecule has 0 saturated heterocycles. The minimum atomic E-state index is -0.256. The molecule has 1 aromatic carbocycles. The number of hydrogen-bond acceptors (Lipinski definition) is 3. The summed E-state index contributed by atoms with van der Waals surface area (Å²) in [4.78, 5) is 23.9. The van der Waals surface area contributed by atoms with E-state index in [0.717, 1.165) is 23.3 Å². The number of nitrogens with zero attached hydrogens (tertiary/aromatic N) is 2. The average molecular weight is 394 g/mol. The molecule has 1 amide bonds. The second kappa shape index (κ2) is 6.51. The molecule has 0 fully saturated rings. The Morgan fingerprint density at radius 3 is 2.81 bits per heavy atom. The van der Waals surface area contributed by atoms with Crippen molar-refractivity contribution in [1.29, 1.82) is 0 Å². The Bertz CT molecular complexity index is 1130. The van der Waals surface area contributed by atoms with Gasteiger partial charge in [0.15, 0.2) is 0 Å². The van der Waals surface area contributed by atoms with Crippen molar-refractivity contribution in [3.8, 4) is 0 Å². The van der Waals surface area contributed by atoms with Crippen LogP contribution < -0.4 is 0 Å². The van der Waals surface area contributed by atoms with Crippen LogP contribution in [0.4, 0.5) is 0 Å². The van der Waals surface area contributed by atoms with Gasteiger partial charge in [0.05, 0.1) is 10.7 Å². The van der Waals surface area contributed by atoms with Crippen LogP contribution in [0.3, 0.4) is 0 Å². The Balaban J connectivity index is 1.68. The van der Waals surface area contributed by atoms with Crippen molar-refractivity contribution in [3.63, 3.8) is 0 Å². The summed E-state index contributed by atoms with van der Waals surface area (Å²) < 4.78 is 0. The van der Waals surface area contributed by atoms with E-state index >= 15 is 0 Å². The van der Waals surface area contributed by atoms with Crippen molar-refractivity contribution in [2.75, 3.05) is 6.54 Å². The molecule has 0 spiro atoms. The van der Waals surface area contributed by atoms with Gasteiger partial charge in [0.1, 0.15) is 10.9 Å². The number of aromatic nitrogens is 2. The quantitative estimate of drug-likeness (QED) is 0.517. The van der Waals surface area contributed by atoms with Crippen molar-refractivity contribution in [3.05, 3.63) is 87.0 Å². The van der Waals surface area contributed by atoms with Crippen LogP contribution in [0.2, 0.25) is 5.02 Å². The highest BCUT2D eigenvalue weighted by molar-refractivity contribution is 7.12. The van der Waals surface area contributed by atoms with E-state index in [1.165, 1.54) is 22.3 Å². The third-order valence-electron chi connectivity index (χ3n) is 5.07. The largest absolute Gasteiger partial charge is 0.356 e. The number of nitrogens with one attached hydrogen (secondary N) is 1. The van der Waals surface area contributed by atoms with Gasteiger partial charge in [-0.1, -0.05) is 35.9 Å². The molecule has 0 radical (unpaired) electrons. The molecular weight excluding hydrogens is 378 g/mol. The molecule has 1 aliphatic rings. The lowest BCUT2D eigenvalue weighted by Crippen LogP contribution is -2.40. The number of para-hydroxylation sites is 1. The number of benzene rings is 1. The van der Waals surface area contributed by atoms with E-state index < -0.39 is 0 Å². The second-order valence-electron chi connectivity index (χ2n) is 6.57. The maximum Gasteiger partial charge on any atom is 0.266 e. The molecule has 27 heavy (non-hydrogen) atoms. The topological polar surface area (TPSA) is 49.0 Å². The molecule has 5 rings (SSSR count). The fourth-order valence-corrected chi connectivity index (χ4v) is 4.97. The first-order chi connectivity index (χ1) is 13.2. The van der Waals surface area contributed by atoms with Crippen LogP contribution in [0, 0.1) is 0 Å². The predicted octanol–water partition coefficient (Wildman–Crippen LogP) is 5.07. The Kier molecular flexibility index (Phi) is 3.99. The molecule has 134 valence electrons. The number of rotatable bonds is 2. The van der Waals surface area contributed by atoms with E-state index in [-0.39, 0.29) is 11.9 Å². The number of halogens is 1. The molecule has 4 aromatic rings. The van der Waals surface area contributed by atoms with E-state index in [4.69, 9.17) is 11.6 Å². The van der Waals surface area contributed by atoms with Crippen LogP contribution in [-0.4, -0.2) is 27.3 Å². The van der Waals surface area contributed by atoms with Crippen molar-refractivity contribution in [2.24, 2.45) is 0 Å². The molecule has 0 bridgehead atoms. The Morgan fingerprint density at radius 1 is 1.19 bits per heavy atom. The zero-order chi connectivity index (χ0) is 18.4.